The lowest BCUT2D eigenvalue weighted by Gasteiger charge is -2.18. The van der Waals surface area contributed by atoms with Gasteiger partial charge in [0.15, 0.2) is 0 Å². The summed E-state index contributed by atoms with van der Waals surface area (Å²) < 4.78 is 34.4. The molecule has 1 unspecified atom stereocenters. The number of rotatable bonds is 7. The van der Waals surface area contributed by atoms with Crippen molar-refractivity contribution in [2.24, 2.45) is 0 Å². The van der Waals surface area contributed by atoms with Gasteiger partial charge in [-0.1, -0.05) is 42.5 Å². The normalized spacial score (nSPS) is 12.7. The van der Waals surface area contributed by atoms with Gasteiger partial charge in [0.2, 0.25) is 0 Å². The van der Waals surface area contributed by atoms with Crippen molar-refractivity contribution in [3.63, 3.8) is 0 Å². The van der Waals surface area contributed by atoms with Crippen LogP contribution in [-0.2, 0) is 20.2 Å². The number of fused-ring (bicyclic) bond motifs is 1. The van der Waals surface area contributed by atoms with Crippen molar-refractivity contribution < 1.29 is 32.8 Å². The number of esters is 1. The van der Waals surface area contributed by atoms with E-state index in [4.69, 9.17) is 19.0 Å². The molecule has 0 spiro atoms. The summed E-state index contributed by atoms with van der Waals surface area (Å²) in [6.07, 6.45) is -1.17. The van der Waals surface area contributed by atoms with E-state index in [1.807, 2.05) is 24.3 Å². The molecule has 3 rings (SSSR count). The van der Waals surface area contributed by atoms with Gasteiger partial charge in [0.05, 0.1) is 5.56 Å². The van der Waals surface area contributed by atoms with Crippen LogP contribution in [0.25, 0.3) is 10.8 Å². The first-order chi connectivity index (χ1) is 13.3. The van der Waals surface area contributed by atoms with E-state index in [0.29, 0.717) is 11.1 Å². The van der Waals surface area contributed by atoms with Gasteiger partial charge in [-0.2, -0.15) is 0 Å². The first kappa shape index (κ1) is 20.2. The largest absolute Gasteiger partial charge is 0.469 e. The van der Waals surface area contributed by atoms with Crippen LogP contribution in [0.5, 0.6) is 0 Å². The molecular formula is C20H18FO6P. The van der Waals surface area contributed by atoms with E-state index in [1.54, 1.807) is 24.3 Å². The summed E-state index contributed by atoms with van der Waals surface area (Å²) in [4.78, 5) is 30.5. The zero-order chi connectivity index (χ0) is 20.1. The Bertz CT molecular complexity index is 1030. The molecule has 0 saturated carbocycles. The van der Waals surface area contributed by atoms with Crippen molar-refractivity contribution in [3.05, 3.63) is 83.7 Å². The first-order valence-corrected chi connectivity index (χ1v) is 9.97. The highest BCUT2D eigenvalue weighted by Crippen LogP contribution is 2.38. The number of phosphoric acid groups is 1. The molecule has 0 aliphatic heterocycles. The van der Waals surface area contributed by atoms with E-state index >= 15 is 0 Å². The highest BCUT2D eigenvalue weighted by molar-refractivity contribution is 7.46. The monoisotopic (exact) mass is 404 g/mol. The van der Waals surface area contributed by atoms with Gasteiger partial charge in [0, 0.05) is 6.42 Å². The lowest BCUT2D eigenvalue weighted by Crippen LogP contribution is -2.24. The molecule has 2 N–H and O–H groups in total. The fourth-order valence-corrected chi connectivity index (χ4v) is 3.34. The molecule has 0 aliphatic rings. The molecule has 6 nitrogen and oxygen atoms in total. The zero-order valence-electron chi connectivity index (χ0n) is 14.7. The number of hydrogen-bond donors (Lipinski definition) is 2. The molecule has 1 atom stereocenters. The summed E-state index contributed by atoms with van der Waals surface area (Å²) in [5.74, 6) is -1.13. The smallest absolute Gasteiger partial charge is 0.459 e. The Morgan fingerprint density at radius 3 is 2.46 bits per heavy atom. The Balaban J connectivity index is 1.70. The third-order valence-electron chi connectivity index (χ3n) is 4.02. The molecule has 8 heteroatoms. The second kappa shape index (κ2) is 8.63. The van der Waals surface area contributed by atoms with Crippen LogP contribution in [0, 0.1) is 5.82 Å². The highest BCUT2D eigenvalue weighted by Gasteiger charge is 2.24. The first-order valence-electron chi connectivity index (χ1n) is 8.44. The molecule has 0 heterocycles. The van der Waals surface area contributed by atoms with Crippen molar-refractivity contribution in [1.29, 1.82) is 0 Å². The number of ether oxygens (including phenoxy) is 1. The quantitative estimate of drug-likeness (QED) is 0.459. The molecule has 0 aliphatic carbocycles. The minimum Gasteiger partial charge on any atom is -0.459 e. The third-order valence-corrected chi connectivity index (χ3v) is 4.60. The lowest BCUT2D eigenvalue weighted by atomic mass is 10.1. The molecule has 3 aromatic rings. The maximum absolute atomic E-state index is 13.3. The van der Waals surface area contributed by atoms with Gasteiger partial charge in [0.25, 0.3) is 0 Å². The van der Waals surface area contributed by atoms with Crippen molar-refractivity contribution in [2.75, 3.05) is 6.61 Å². The van der Waals surface area contributed by atoms with Crippen LogP contribution < -0.4 is 0 Å². The van der Waals surface area contributed by atoms with Crippen LogP contribution in [0.4, 0.5) is 4.39 Å². The number of hydrogen-bond acceptors (Lipinski definition) is 4. The third kappa shape index (κ3) is 5.71. The Kier molecular flexibility index (Phi) is 6.21. The summed E-state index contributed by atoms with van der Waals surface area (Å²) in [6.45, 7) is -0.396. The van der Waals surface area contributed by atoms with Crippen LogP contribution in [0.1, 0.15) is 15.9 Å². The van der Waals surface area contributed by atoms with Gasteiger partial charge in [-0.05, 0) is 40.6 Å². The van der Waals surface area contributed by atoms with Gasteiger partial charge in [-0.15, -0.1) is 0 Å². The predicted molar refractivity (Wildman–Crippen MR) is 101 cm³/mol. The minimum atomic E-state index is -4.82. The average Bonchev–Trinajstić information content (AvgIpc) is 2.64. The Labute approximate surface area is 160 Å². The molecule has 0 fully saturated rings. The number of carbonyl (C=O) groups excluding carboxylic acids is 1. The fraction of sp³-hybridized carbons (Fsp3) is 0.150. The van der Waals surface area contributed by atoms with E-state index in [1.165, 1.54) is 18.2 Å². The molecule has 3 aromatic carbocycles. The lowest BCUT2D eigenvalue weighted by molar-refractivity contribution is 0.0243. The number of carbonyl (C=O) groups is 1. The van der Waals surface area contributed by atoms with Crippen LogP contribution in [0.15, 0.2) is 66.7 Å². The summed E-state index contributed by atoms with van der Waals surface area (Å²) >= 11 is 0. The average molecular weight is 404 g/mol. The Morgan fingerprint density at radius 1 is 1.00 bits per heavy atom. The van der Waals surface area contributed by atoms with Gasteiger partial charge < -0.3 is 14.5 Å². The molecule has 0 radical (unpaired) electrons. The molecule has 0 aromatic heterocycles. The van der Waals surface area contributed by atoms with E-state index in [-0.39, 0.29) is 6.42 Å². The molecule has 28 heavy (non-hydrogen) atoms. The van der Waals surface area contributed by atoms with E-state index in [0.717, 1.165) is 10.8 Å². The molecular weight excluding hydrogens is 386 g/mol. The van der Waals surface area contributed by atoms with Crippen molar-refractivity contribution in [3.8, 4) is 0 Å². The van der Waals surface area contributed by atoms with E-state index in [2.05, 4.69) is 0 Å². The van der Waals surface area contributed by atoms with Crippen LogP contribution in [-0.4, -0.2) is 28.5 Å². The van der Waals surface area contributed by atoms with E-state index < -0.39 is 32.3 Å². The van der Waals surface area contributed by atoms with Crippen molar-refractivity contribution in [2.45, 2.75) is 12.5 Å². The van der Waals surface area contributed by atoms with Gasteiger partial charge in [-0.25, -0.2) is 13.8 Å². The van der Waals surface area contributed by atoms with Crippen LogP contribution in [0.2, 0.25) is 0 Å². The molecule has 146 valence electrons. The van der Waals surface area contributed by atoms with Crippen LogP contribution >= 0.6 is 7.82 Å². The molecule has 0 bridgehead atoms. The van der Waals surface area contributed by atoms with Crippen molar-refractivity contribution in [1.82, 2.24) is 0 Å². The second-order valence-corrected chi connectivity index (χ2v) is 7.40. The predicted octanol–water partition coefficient (Wildman–Crippen LogP) is 3.86. The SMILES string of the molecule is O=C(OCC(Cc1cccc(F)c1)OP(=O)(O)O)c1ccc2ccccc2c1. The summed E-state index contributed by atoms with van der Waals surface area (Å²) in [5, 5.41) is 1.83. The summed E-state index contributed by atoms with van der Waals surface area (Å²) in [6, 6.07) is 18.1. The summed E-state index contributed by atoms with van der Waals surface area (Å²) in [5.41, 5.74) is 0.764. The van der Waals surface area contributed by atoms with Gasteiger partial charge in [-0.3, -0.25) is 4.52 Å². The number of benzene rings is 3. The van der Waals surface area contributed by atoms with Gasteiger partial charge >= 0.3 is 13.8 Å². The van der Waals surface area contributed by atoms with E-state index in [9.17, 15) is 13.8 Å². The molecule has 0 saturated heterocycles. The Morgan fingerprint density at radius 2 is 1.75 bits per heavy atom. The highest BCUT2D eigenvalue weighted by atomic mass is 31.2. The molecule has 0 amide bonds. The summed E-state index contributed by atoms with van der Waals surface area (Å²) in [7, 11) is -4.82. The zero-order valence-corrected chi connectivity index (χ0v) is 15.6. The van der Waals surface area contributed by atoms with Gasteiger partial charge in [0.1, 0.15) is 18.5 Å². The van der Waals surface area contributed by atoms with Crippen LogP contribution in [0.3, 0.4) is 0 Å². The maximum Gasteiger partial charge on any atom is 0.469 e. The fourth-order valence-electron chi connectivity index (χ4n) is 2.82. The second-order valence-electron chi connectivity index (χ2n) is 6.21. The minimum absolute atomic E-state index is 0.0339. The maximum atomic E-state index is 13.3. The Hall–Kier alpha value is -2.57. The van der Waals surface area contributed by atoms with Crippen molar-refractivity contribution >= 4 is 24.6 Å². The number of halogens is 1. The standard InChI is InChI=1S/C20H18FO6P/c21-18-7-3-4-14(10-18)11-19(27-28(23,24)25)13-26-20(22)17-9-8-15-5-1-2-6-16(15)12-17/h1-10,12,19H,11,13H2,(H2,23,24,25). The number of phosphoric ester groups is 1. The topological polar surface area (TPSA) is 93.1 Å².